The number of ether oxygens (including phenoxy) is 1. The van der Waals surface area contributed by atoms with Crippen LogP contribution in [0.1, 0.15) is 46.5 Å². The van der Waals surface area contributed by atoms with Crippen molar-refractivity contribution in [2.45, 2.75) is 52.6 Å². The largest absolute Gasteiger partial charge is 0.490 e. The zero-order valence-corrected chi connectivity index (χ0v) is 15.9. The van der Waals surface area contributed by atoms with Gasteiger partial charge in [0, 0.05) is 8.96 Å². The normalized spacial score (nSPS) is 22.7. The smallest absolute Gasteiger partial charge is 0.127 e. The maximum absolute atomic E-state index is 6.37. The van der Waals surface area contributed by atoms with Crippen LogP contribution in [-0.4, -0.2) is 6.10 Å². The molecule has 1 nitrogen and oxygen atoms in total. The van der Waals surface area contributed by atoms with Crippen molar-refractivity contribution in [3.63, 3.8) is 0 Å². The fourth-order valence-electron chi connectivity index (χ4n) is 3.55. The quantitative estimate of drug-likeness (QED) is 0.521. The van der Waals surface area contributed by atoms with Crippen LogP contribution in [0.2, 0.25) is 0 Å². The van der Waals surface area contributed by atoms with Crippen molar-refractivity contribution >= 4 is 33.4 Å². The van der Waals surface area contributed by atoms with Crippen LogP contribution in [0.5, 0.6) is 5.75 Å². The Balaban J connectivity index is 1.72. The third-order valence-electron chi connectivity index (χ3n) is 5.00. The first-order valence-electron chi connectivity index (χ1n) is 8.28. The maximum Gasteiger partial charge on any atom is 0.127 e. The van der Waals surface area contributed by atoms with Gasteiger partial charge in [0.05, 0.1) is 6.10 Å². The number of benzene rings is 2. The number of halogens is 1. The van der Waals surface area contributed by atoms with Crippen LogP contribution in [-0.2, 0) is 0 Å². The minimum Gasteiger partial charge on any atom is -0.490 e. The zero-order valence-electron chi connectivity index (χ0n) is 13.7. The van der Waals surface area contributed by atoms with Crippen molar-refractivity contribution in [1.82, 2.24) is 0 Å². The molecular weight excluding hydrogens is 383 g/mol. The second-order valence-electron chi connectivity index (χ2n) is 7.58. The molecule has 1 aliphatic rings. The number of hydrogen-bond donors (Lipinski definition) is 0. The van der Waals surface area contributed by atoms with E-state index in [0.29, 0.717) is 11.5 Å². The van der Waals surface area contributed by atoms with Crippen LogP contribution in [0.15, 0.2) is 36.4 Å². The van der Waals surface area contributed by atoms with E-state index in [1.54, 1.807) is 0 Å². The predicted molar refractivity (Wildman–Crippen MR) is 102 cm³/mol. The molecule has 2 heteroatoms. The highest BCUT2D eigenvalue weighted by Gasteiger charge is 2.30. The van der Waals surface area contributed by atoms with Crippen LogP contribution < -0.4 is 4.74 Å². The molecule has 2 aromatic carbocycles. The van der Waals surface area contributed by atoms with E-state index in [0.717, 1.165) is 11.7 Å². The Hall–Kier alpha value is -0.770. The summed E-state index contributed by atoms with van der Waals surface area (Å²) >= 11 is 2.36. The van der Waals surface area contributed by atoms with E-state index >= 15 is 0 Å². The van der Waals surface area contributed by atoms with Gasteiger partial charge in [-0.3, -0.25) is 0 Å². The average Bonchev–Trinajstić information content (AvgIpc) is 2.47. The van der Waals surface area contributed by atoms with Crippen molar-refractivity contribution in [3.8, 4) is 5.75 Å². The molecule has 1 saturated carbocycles. The molecule has 0 aliphatic heterocycles. The molecule has 0 saturated heterocycles. The topological polar surface area (TPSA) is 9.23 Å². The van der Waals surface area contributed by atoms with Crippen molar-refractivity contribution in [1.29, 1.82) is 0 Å². The van der Waals surface area contributed by atoms with Gasteiger partial charge < -0.3 is 4.74 Å². The SMILES string of the molecule is CC(C)(C)[C@H]1CC[C@H](Oc2cccc3cc(I)ccc23)CC1. The molecular formula is C20H25IO. The summed E-state index contributed by atoms with van der Waals surface area (Å²) in [6, 6.07) is 13.0. The van der Waals surface area contributed by atoms with Gasteiger partial charge in [-0.15, -0.1) is 0 Å². The van der Waals surface area contributed by atoms with Crippen molar-refractivity contribution in [2.75, 3.05) is 0 Å². The highest BCUT2D eigenvalue weighted by Crippen LogP contribution is 2.39. The summed E-state index contributed by atoms with van der Waals surface area (Å²) in [6.07, 6.45) is 5.32. The Morgan fingerprint density at radius 3 is 2.41 bits per heavy atom. The molecule has 3 rings (SSSR count). The Bertz CT molecular complexity index is 648. The number of fused-ring (bicyclic) bond motifs is 1. The third-order valence-corrected chi connectivity index (χ3v) is 5.67. The molecule has 0 unspecified atom stereocenters. The predicted octanol–water partition coefficient (Wildman–Crippen LogP) is 6.43. The van der Waals surface area contributed by atoms with E-state index in [4.69, 9.17) is 4.74 Å². The minimum atomic E-state index is 0.378. The van der Waals surface area contributed by atoms with Gasteiger partial charge in [-0.05, 0) is 89.3 Å². The van der Waals surface area contributed by atoms with Gasteiger partial charge in [0.2, 0.25) is 0 Å². The van der Waals surface area contributed by atoms with Crippen molar-refractivity contribution in [2.24, 2.45) is 11.3 Å². The lowest BCUT2D eigenvalue weighted by Crippen LogP contribution is -2.30. The molecule has 0 atom stereocenters. The van der Waals surface area contributed by atoms with Gasteiger partial charge >= 0.3 is 0 Å². The van der Waals surface area contributed by atoms with E-state index in [9.17, 15) is 0 Å². The van der Waals surface area contributed by atoms with E-state index in [1.807, 2.05) is 0 Å². The van der Waals surface area contributed by atoms with Crippen molar-refractivity contribution < 1.29 is 4.74 Å². The molecule has 2 aromatic rings. The Kier molecular flexibility index (Phi) is 4.67. The van der Waals surface area contributed by atoms with Gasteiger partial charge in [0.1, 0.15) is 5.75 Å². The van der Waals surface area contributed by atoms with Crippen LogP contribution in [0.3, 0.4) is 0 Å². The molecule has 0 amide bonds. The second-order valence-corrected chi connectivity index (χ2v) is 8.82. The Morgan fingerprint density at radius 2 is 1.73 bits per heavy atom. The van der Waals surface area contributed by atoms with Crippen LogP contribution in [0, 0.1) is 14.9 Å². The average molecular weight is 408 g/mol. The van der Waals surface area contributed by atoms with Gasteiger partial charge in [-0.1, -0.05) is 32.9 Å². The van der Waals surface area contributed by atoms with E-state index in [-0.39, 0.29) is 0 Å². The highest BCUT2D eigenvalue weighted by atomic mass is 127. The number of rotatable bonds is 2. The molecule has 0 aromatic heterocycles. The Labute approximate surface area is 147 Å². The number of hydrogen-bond acceptors (Lipinski definition) is 1. The molecule has 22 heavy (non-hydrogen) atoms. The van der Waals surface area contributed by atoms with Gasteiger partial charge in [0.15, 0.2) is 0 Å². The Morgan fingerprint density at radius 1 is 1.00 bits per heavy atom. The summed E-state index contributed by atoms with van der Waals surface area (Å²) in [4.78, 5) is 0. The molecule has 0 radical (unpaired) electrons. The van der Waals surface area contributed by atoms with Crippen molar-refractivity contribution in [3.05, 3.63) is 40.0 Å². The first kappa shape index (κ1) is 16.1. The van der Waals surface area contributed by atoms with E-state index in [2.05, 4.69) is 79.8 Å². The molecule has 0 bridgehead atoms. The highest BCUT2D eigenvalue weighted by molar-refractivity contribution is 14.1. The lowest BCUT2D eigenvalue weighted by atomic mass is 9.72. The van der Waals surface area contributed by atoms with E-state index in [1.165, 1.54) is 40.0 Å². The van der Waals surface area contributed by atoms with Gasteiger partial charge in [0.25, 0.3) is 0 Å². The molecule has 118 valence electrons. The lowest BCUT2D eigenvalue weighted by molar-refractivity contribution is 0.0892. The molecule has 1 aliphatic carbocycles. The summed E-state index contributed by atoms with van der Waals surface area (Å²) < 4.78 is 7.64. The molecule has 0 N–H and O–H groups in total. The zero-order chi connectivity index (χ0) is 15.7. The van der Waals surface area contributed by atoms with Crippen LogP contribution in [0.4, 0.5) is 0 Å². The summed E-state index contributed by atoms with van der Waals surface area (Å²) in [6.45, 7) is 7.10. The fraction of sp³-hybridized carbons (Fsp3) is 0.500. The fourth-order valence-corrected chi connectivity index (χ4v) is 4.07. The summed E-state index contributed by atoms with van der Waals surface area (Å²) in [7, 11) is 0. The standard InChI is InChI=1S/C20H25IO/c1-20(2,3)15-7-10-17(11-8-15)22-19-6-4-5-14-13-16(21)9-12-18(14)19/h4-6,9,12-13,15,17H,7-8,10-11H2,1-3H3/t15-,17-. The van der Waals surface area contributed by atoms with E-state index < -0.39 is 0 Å². The molecule has 0 heterocycles. The summed E-state index contributed by atoms with van der Waals surface area (Å²) in [5, 5.41) is 2.51. The molecule has 1 fully saturated rings. The summed E-state index contributed by atoms with van der Waals surface area (Å²) in [5.41, 5.74) is 0.432. The lowest BCUT2D eigenvalue weighted by Gasteiger charge is -2.37. The van der Waals surface area contributed by atoms with Crippen LogP contribution >= 0.6 is 22.6 Å². The monoisotopic (exact) mass is 408 g/mol. The van der Waals surface area contributed by atoms with Gasteiger partial charge in [-0.25, -0.2) is 0 Å². The third kappa shape index (κ3) is 3.58. The first-order chi connectivity index (χ1) is 10.4. The summed E-state index contributed by atoms with van der Waals surface area (Å²) in [5.74, 6) is 1.88. The minimum absolute atomic E-state index is 0.378. The first-order valence-corrected chi connectivity index (χ1v) is 9.36. The molecule has 0 spiro atoms. The van der Waals surface area contributed by atoms with Crippen LogP contribution in [0.25, 0.3) is 10.8 Å². The second kappa shape index (κ2) is 6.38. The van der Waals surface area contributed by atoms with Gasteiger partial charge in [-0.2, -0.15) is 0 Å². The maximum atomic E-state index is 6.37.